The molecule has 0 unspecified atom stereocenters. The summed E-state index contributed by atoms with van der Waals surface area (Å²) in [4.78, 5) is 0. The molecule has 2 aromatic rings. The average molecular weight is 262 g/mol. The van der Waals surface area contributed by atoms with Crippen molar-refractivity contribution < 1.29 is 4.74 Å². The van der Waals surface area contributed by atoms with E-state index in [0.717, 1.165) is 33.1 Å². The zero-order chi connectivity index (χ0) is 13.1. The first-order valence-corrected chi connectivity index (χ1v) is 6.18. The van der Waals surface area contributed by atoms with Gasteiger partial charge in [-0.05, 0) is 43.2 Å². The van der Waals surface area contributed by atoms with Crippen LogP contribution in [0.5, 0.6) is 5.75 Å². The van der Waals surface area contributed by atoms with Crippen molar-refractivity contribution in [2.24, 2.45) is 0 Å². The maximum absolute atomic E-state index is 6.12. The second kappa shape index (κ2) is 5.32. The lowest BCUT2D eigenvalue weighted by atomic mass is 10.1. The van der Waals surface area contributed by atoms with Gasteiger partial charge >= 0.3 is 0 Å². The Balaban J connectivity index is 2.14. The lowest BCUT2D eigenvalue weighted by Gasteiger charge is -2.11. The van der Waals surface area contributed by atoms with E-state index in [4.69, 9.17) is 22.1 Å². The first kappa shape index (κ1) is 12.8. The van der Waals surface area contributed by atoms with Gasteiger partial charge in [-0.25, -0.2) is 0 Å². The normalized spacial score (nSPS) is 10.4. The van der Waals surface area contributed by atoms with Crippen molar-refractivity contribution in [1.82, 2.24) is 0 Å². The van der Waals surface area contributed by atoms with Gasteiger partial charge in [-0.1, -0.05) is 29.8 Å². The molecular weight excluding hydrogens is 246 g/mol. The van der Waals surface area contributed by atoms with Crippen molar-refractivity contribution in [3.63, 3.8) is 0 Å². The van der Waals surface area contributed by atoms with Crippen LogP contribution in [0.3, 0.4) is 0 Å². The number of nitrogen functional groups attached to an aromatic ring is 1. The van der Waals surface area contributed by atoms with Gasteiger partial charge in [0, 0.05) is 16.3 Å². The van der Waals surface area contributed by atoms with E-state index >= 15 is 0 Å². The molecule has 0 aromatic heterocycles. The molecule has 0 atom stereocenters. The molecule has 0 spiro atoms. The van der Waals surface area contributed by atoms with Crippen LogP contribution in [0.15, 0.2) is 36.4 Å². The summed E-state index contributed by atoms with van der Waals surface area (Å²) in [6, 6.07) is 11.6. The van der Waals surface area contributed by atoms with Crippen LogP contribution in [0.4, 0.5) is 5.69 Å². The third kappa shape index (κ3) is 2.77. The fourth-order valence-corrected chi connectivity index (χ4v) is 1.93. The third-order valence-electron chi connectivity index (χ3n) is 2.86. The number of aryl methyl sites for hydroxylation is 2. The SMILES string of the molecule is Cc1cc(OCc2ccccc2N)cc(C)c1Cl. The Labute approximate surface area is 112 Å². The summed E-state index contributed by atoms with van der Waals surface area (Å²) in [6.07, 6.45) is 0. The minimum Gasteiger partial charge on any atom is -0.489 e. The van der Waals surface area contributed by atoms with E-state index in [-0.39, 0.29) is 0 Å². The topological polar surface area (TPSA) is 35.2 Å². The summed E-state index contributed by atoms with van der Waals surface area (Å²) in [5.74, 6) is 0.817. The van der Waals surface area contributed by atoms with Crippen molar-refractivity contribution in [2.45, 2.75) is 20.5 Å². The molecule has 0 fully saturated rings. The zero-order valence-electron chi connectivity index (χ0n) is 10.5. The van der Waals surface area contributed by atoms with Gasteiger partial charge in [0.05, 0.1) is 0 Å². The molecule has 2 rings (SSSR count). The van der Waals surface area contributed by atoms with E-state index in [1.165, 1.54) is 0 Å². The van der Waals surface area contributed by atoms with Crippen LogP contribution in [0.1, 0.15) is 16.7 Å². The highest BCUT2D eigenvalue weighted by molar-refractivity contribution is 6.32. The number of hydrogen-bond donors (Lipinski definition) is 1. The summed E-state index contributed by atoms with van der Waals surface area (Å²) < 4.78 is 5.75. The molecule has 0 aliphatic heterocycles. The highest BCUT2D eigenvalue weighted by Gasteiger charge is 2.04. The third-order valence-corrected chi connectivity index (χ3v) is 3.46. The Morgan fingerprint density at radius 2 is 1.72 bits per heavy atom. The van der Waals surface area contributed by atoms with Gasteiger partial charge in [-0.2, -0.15) is 0 Å². The molecule has 0 bridgehead atoms. The van der Waals surface area contributed by atoms with Gasteiger partial charge in [-0.3, -0.25) is 0 Å². The van der Waals surface area contributed by atoms with Crippen LogP contribution in [0.25, 0.3) is 0 Å². The zero-order valence-corrected chi connectivity index (χ0v) is 11.3. The van der Waals surface area contributed by atoms with Crippen LogP contribution in [0, 0.1) is 13.8 Å². The van der Waals surface area contributed by atoms with E-state index < -0.39 is 0 Å². The Hall–Kier alpha value is -1.67. The number of ether oxygens (including phenoxy) is 1. The fraction of sp³-hybridized carbons (Fsp3) is 0.200. The molecule has 18 heavy (non-hydrogen) atoms. The predicted octanol–water partition coefficient (Wildman–Crippen LogP) is 4.12. The van der Waals surface area contributed by atoms with Crippen LogP contribution >= 0.6 is 11.6 Å². The lowest BCUT2D eigenvalue weighted by Crippen LogP contribution is -2.00. The molecule has 0 amide bonds. The molecule has 2 nitrogen and oxygen atoms in total. The van der Waals surface area contributed by atoms with Gasteiger partial charge in [0.2, 0.25) is 0 Å². The summed E-state index contributed by atoms with van der Waals surface area (Å²) in [6.45, 7) is 4.41. The minimum atomic E-state index is 0.465. The number of benzene rings is 2. The molecular formula is C15H16ClNO. The van der Waals surface area contributed by atoms with Crippen molar-refractivity contribution in [3.8, 4) is 5.75 Å². The number of halogens is 1. The Morgan fingerprint density at radius 3 is 2.33 bits per heavy atom. The molecule has 2 N–H and O–H groups in total. The first-order valence-electron chi connectivity index (χ1n) is 5.81. The molecule has 0 aliphatic rings. The highest BCUT2D eigenvalue weighted by atomic mass is 35.5. The van der Waals surface area contributed by atoms with E-state index in [2.05, 4.69) is 0 Å². The maximum atomic E-state index is 6.12. The van der Waals surface area contributed by atoms with Crippen LogP contribution < -0.4 is 10.5 Å². The lowest BCUT2D eigenvalue weighted by molar-refractivity contribution is 0.306. The number of nitrogens with two attached hydrogens (primary N) is 1. The maximum Gasteiger partial charge on any atom is 0.120 e. The Bertz CT molecular complexity index is 543. The largest absolute Gasteiger partial charge is 0.489 e. The molecule has 94 valence electrons. The van der Waals surface area contributed by atoms with Crippen molar-refractivity contribution >= 4 is 17.3 Å². The van der Waals surface area contributed by atoms with Gasteiger partial charge < -0.3 is 10.5 Å². The monoisotopic (exact) mass is 261 g/mol. The minimum absolute atomic E-state index is 0.465. The summed E-state index contributed by atoms with van der Waals surface area (Å²) in [5, 5.41) is 0.793. The predicted molar refractivity (Wildman–Crippen MR) is 76.1 cm³/mol. The molecule has 0 saturated carbocycles. The fourth-order valence-electron chi connectivity index (χ4n) is 1.82. The second-order valence-corrected chi connectivity index (χ2v) is 4.74. The quantitative estimate of drug-likeness (QED) is 0.844. The van der Waals surface area contributed by atoms with Crippen molar-refractivity contribution in [2.75, 3.05) is 5.73 Å². The van der Waals surface area contributed by atoms with Crippen LogP contribution in [-0.2, 0) is 6.61 Å². The van der Waals surface area contributed by atoms with Gasteiger partial charge in [-0.15, -0.1) is 0 Å². The van der Waals surface area contributed by atoms with Crippen molar-refractivity contribution in [3.05, 3.63) is 58.1 Å². The summed E-state index contributed by atoms with van der Waals surface area (Å²) >= 11 is 6.12. The van der Waals surface area contributed by atoms with Crippen LogP contribution in [-0.4, -0.2) is 0 Å². The summed E-state index contributed by atoms with van der Waals surface area (Å²) in [7, 11) is 0. The van der Waals surface area contributed by atoms with E-state index in [1.54, 1.807) is 0 Å². The van der Waals surface area contributed by atoms with Crippen LogP contribution in [0.2, 0.25) is 5.02 Å². The molecule has 0 heterocycles. The first-order chi connectivity index (χ1) is 8.58. The second-order valence-electron chi connectivity index (χ2n) is 4.36. The summed E-state index contributed by atoms with van der Waals surface area (Å²) in [5.41, 5.74) is 9.65. The Kier molecular flexibility index (Phi) is 3.78. The van der Waals surface area contributed by atoms with E-state index in [0.29, 0.717) is 6.61 Å². The molecule has 2 aromatic carbocycles. The van der Waals surface area contributed by atoms with E-state index in [9.17, 15) is 0 Å². The smallest absolute Gasteiger partial charge is 0.120 e. The van der Waals surface area contributed by atoms with Crippen molar-refractivity contribution in [1.29, 1.82) is 0 Å². The highest BCUT2D eigenvalue weighted by Crippen LogP contribution is 2.26. The number of rotatable bonds is 3. The average Bonchev–Trinajstić information content (AvgIpc) is 2.35. The molecule has 0 radical (unpaired) electrons. The van der Waals surface area contributed by atoms with Gasteiger partial charge in [0.25, 0.3) is 0 Å². The molecule has 0 saturated heterocycles. The molecule has 0 aliphatic carbocycles. The number of anilines is 1. The van der Waals surface area contributed by atoms with Gasteiger partial charge in [0.15, 0.2) is 0 Å². The standard InChI is InChI=1S/C15H16ClNO/c1-10-7-13(8-11(2)15(10)16)18-9-12-5-3-4-6-14(12)17/h3-8H,9,17H2,1-2H3. The van der Waals surface area contributed by atoms with Gasteiger partial charge in [0.1, 0.15) is 12.4 Å². The van der Waals surface area contributed by atoms with E-state index in [1.807, 2.05) is 50.2 Å². The molecule has 3 heteroatoms. The number of para-hydroxylation sites is 1. The number of hydrogen-bond acceptors (Lipinski definition) is 2. The Morgan fingerprint density at radius 1 is 1.11 bits per heavy atom.